The molecule has 0 aliphatic heterocycles. The van der Waals surface area contributed by atoms with Crippen LogP contribution in [0.5, 0.6) is 0 Å². The first-order valence-corrected chi connectivity index (χ1v) is 6.87. The monoisotopic (exact) mass is 289 g/mol. The summed E-state index contributed by atoms with van der Waals surface area (Å²) in [4.78, 5) is 0. The lowest BCUT2D eigenvalue weighted by Gasteiger charge is -2.05. The predicted octanol–water partition coefficient (Wildman–Crippen LogP) is 2.28. The van der Waals surface area contributed by atoms with Crippen molar-refractivity contribution in [3.05, 3.63) is 11.9 Å². The van der Waals surface area contributed by atoms with Crippen molar-refractivity contribution in [1.29, 1.82) is 0 Å². The van der Waals surface area contributed by atoms with Gasteiger partial charge in [0.05, 0.1) is 18.8 Å². The molecule has 1 aromatic heterocycles. The maximum absolute atomic E-state index is 5.52. The van der Waals surface area contributed by atoms with E-state index in [0.29, 0.717) is 12.5 Å². The van der Waals surface area contributed by atoms with Crippen LogP contribution >= 0.6 is 15.9 Å². The molecule has 0 N–H and O–H groups in total. The van der Waals surface area contributed by atoms with Gasteiger partial charge in [0.15, 0.2) is 0 Å². The van der Waals surface area contributed by atoms with Gasteiger partial charge in [-0.3, -0.25) is 0 Å². The summed E-state index contributed by atoms with van der Waals surface area (Å²) in [6, 6.07) is 0. The van der Waals surface area contributed by atoms with Crippen LogP contribution in [0.2, 0.25) is 0 Å². The molecule has 0 fully saturated rings. The Morgan fingerprint density at radius 1 is 1.44 bits per heavy atom. The Labute approximate surface area is 105 Å². The van der Waals surface area contributed by atoms with Crippen molar-refractivity contribution in [2.45, 2.75) is 33.2 Å². The molecule has 0 saturated carbocycles. The number of aryl methyl sites for hydroxylation is 1. The minimum Gasteiger partial charge on any atom is -0.380 e. The van der Waals surface area contributed by atoms with E-state index in [9.17, 15) is 0 Å². The number of halogens is 1. The van der Waals surface area contributed by atoms with Crippen molar-refractivity contribution in [2.75, 3.05) is 18.5 Å². The highest BCUT2D eigenvalue weighted by Gasteiger charge is 2.00. The van der Waals surface area contributed by atoms with E-state index in [1.54, 1.807) is 0 Å². The molecule has 0 aromatic carbocycles. The molecule has 0 aliphatic carbocycles. The molecule has 5 heteroatoms. The summed E-state index contributed by atoms with van der Waals surface area (Å²) in [7, 11) is 0. The van der Waals surface area contributed by atoms with Gasteiger partial charge in [-0.25, -0.2) is 4.68 Å². The lowest BCUT2D eigenvalue weighted by molar-refractivity contribution is 0.113. The summed E-state index contributed by atoms with van der Waals surface area (Å²) in [5, 5.41) is 9.02. The quantitative estimate of drug-likeness (QED) is 0.545. The van der Waals surface area contributed by atoms with Crippen LogP contribution in [-0.2, 0) is 17.7 Å². The average molecular weight is 290 g/mol. The Balaban J connectivity index is 2.12. The van der Waals surface area contributed by atoms with Crippen LogP contribution in [-0.4, -0.2) is 33.5 Å². The fraction of sp³-hybridized carbons (Fsp3) is 0.818. The first-order chi connectivity index (χ1) is 7.72. The van der Waals surface area contributed by atoms with Gasteiger partial charge in [-0.05, 0) is 12.3 Å². The van der Waals surface area contributed by atoms with Crippen LogP contribution < -0.4 is 0 Å². The fourth-order valence-corrected chi connectivity index (χ4v) is 1.64. The topological polar surface area (TPSA) is 39.9 Å². The predicted molar refractivity (Wildman–Crippen MR) is 67.8 cm³/mol. The number of ether oxygens (including phenoxy) is 1. The second-order valence-corrected chi connectivity index (χ2v) is 5.00. The van der Waals surface area contributed by atoms with E-state index in [2.05, 4.69) is 40.1 Å². The normalized spacial score (nSPS) is 11.2. The van der Waals surface area contributed by atoms with Gasteiger partial charge in [0, 0.05) is 24.6 Å². The Hall–Kier alpha value is -0.420. The van der Waals surface area contributed by atoms with Crippen molar-refractivity contribution in [1.82, 2.24) is 15.0 Å². The van der Waals surface area contributed by atoms with E-state index in [1.807, 2.05) is 10.9 Å². The second-order valence-electron chi connectivity index (χ2n) is 4.21. The molecule has 0 spiro atoms. The van der Waals surface area contributed by atoms with Crippen LogP contribution in [0.1, 0.15) is 26.0 Å². The van der Waals surface area contributed by atoms with Crippen molar-refractivity contribution < 1.29 is 4.74 Å². The van der Waals surface area contributed by atoms with Crippen molar-refractivity contribution >= 4 is 15.9 Å². The number of alkyl halides is 1. The molecule has 0 radical (unpaired) electrons. The summed E-state index contributed by atoms with van der Waals surface area (Å²) in [5.41, 5.74) is 1.03. The largest absolute Gasteiger partial charge is 0.380 e. The summed E-state index contributed by atoms with van der Waals surface area (Å²) in [5.74, 6) is 0.705. The van der Waals surface area contributed by atoms with E-state index < -0.39 is 0 Å². The van der Waals surface area contributed by atoms with Crippen molar-refractivity contribution in [2.24, 2.45) is 5.92 Å². The number of nitrogens with zero attached hydrogens (tertiary/aromatic N) is 3. The summed E-state index contributed by atoms with van der Waals surface area (Å²) in [6.45, 7) is 6.73. The molecule has 0 bridgehead atoms. The minimum atomic E-state index is 0.705. The van der Waals surface area contributed by atoms with E-state index in [0.717, 1.165) is 37.0 Å². The highest BCUT2D eigenvalue weighted by molar-refractivity contribution is 9.09. The molecule has 16 heavy (non-hydrogen) atoms. The Kier molecular flexibility index (Phi) is 6.64. The van der Waals surface area contributed by atoms with Crippen LogP contribution in [0.25, 0.3) is 0 Å². The summed E-state index contributed by atoms with van der Waals surface area (Å²) in [6.07, 6.45) is 4.02. The number of hydrogen-bond donors (Lipinski definition) is 0. The van der Waals surface area contributed by atoms with Gasteiger partial charge in [0.25, 0.3) is 0 Å². The lowest BCUT2D eigenvalue weighted by atomic mass is 10.1. The van der Waals surface area contributed by atoms with Crippen molar-refractivity contribution in [3.8, 4) is 0 Å². The second kappa shape index (κ2) is 7.79. The molecule has 4 nitrogen and oxygen atoms in total. The number of rotatable bonds is 8. The van der Waals surface area contributed by atoms with Gasteiger partial charge < -0.3 is 4.74 Å². The first kappa shape index (κ1) is 13.6. The zero-order valence-corrected chi connectivity index (χ0v) is 11.6. The molecule has 0 amide bonds. The minimum absolute atomic E-state index is 0.705. The summed E-state index contributed by atoms with van der Waals surface area (Å²) < 4.78 is 7.36. The number of hydrogen-bond acceptors (Lipinski definition) is 3. The van der Waals surface area contributed by atoms with Crippen molar-refractivity contribution in [3.63, 3.8) is 0 Å². The summed E-state index contributed by atoms with van der Waals surface area (Å²) >= 11 is 3.38. The number of aromatic nitrogens is 3. The molecule has 92 valence electrons. The highest BCUT2D eigenvalue weighted by Crippen LogP contribution is 2.00. The zero-order valence-electron chi connectivity index (χ0n) is 10.0. The van der Waals surface area contributed by atoms with E-state index >= 15 is 0 Å². The van der Waals surface area contributed by atoms with Crippen LogP contribution in [0.15, 0.2) is 6.20 Å². The SMILES string of the molecule is CC(C)CCOCCn1cc(CCBr)nn1. The van der Waals surface area contributed by atoms with E-state index in [4.69, 9.17) is 4.74 Å². The molecular formula is C11H20BrN3O. The van der Waals surface area contributed by atoms with Gasteiger partial charge in [0.2, 0.25) is 0 Å². The molecule has 0 saturated heterocycles. The molecule has 1 rings (SSSR count). The average Bonchev–Trinajstić information content (AvgIpc) is 2.65. The Bertz CT molecular complexity index is 289. The van der Waals surface area contributed by atoms with Crippen LogP contribution in [0.4, 0.5) is 0 Å². The molecule has 1 aromatic rings. The van der Waals surface area contributed by atoms with Gasteiger partial charge >= 0.3 is 0 Å². The molecular weight excluding hydrogens is 270 g/mol. The Morgan fingerprint density at radius 3 is 2.94 bits per heavy atom. The van der Waals surface area contributed by atoms with E-state index in [-0.39, 0.29) is 0 Å². The van der Waals surface area contributed by atoms with Gasteiger partial charge in [0.1, 0.15) is 0 Å². The Morgan fingerprint density at radius 2 is 2.25 bits per heavy atom. The maximum atomic E-state index is 5.52. The molecule has 0 unspecified atom stereocenters. The van der Waals surface area contributed by atoms with Gasteiger partial charge in [-0.2, -0.15) is 0 Å². The maximum Gasteiger partial charge on any atom is 0.0835 e. The first-order valence-electron chi connectivity index (χ1n) is 5.75. The standard InChI is InChI=1S/C11H20BrN3O/c1-10(2)4-7-16-8-6-15-9-11(3-5-12)13-14-15/h9-10H,3-8H2,1-2H3. The third kappa shape index (κ3) is 5.61. The van der Waals surface area contributed by atoms with E-state index in [1.165, 1.54) is 0 Å². The molecule has 0 atom stereocenters. The molecule has 0 aliphatic rings. The zero-order chi connectivity index (χ0) is 11.8. The third-order valence-electron chi connectivity index (χ3n) is 2.24. The van der Waals surface area contributed by atoms with Crippen LogP contribution in [0, 0.1) is 5.92 Å². The van der Waals surface area contributed by atoms with Gasteiger partial charge in [-0.15, -0.1) is 5.10 Å². The lowest BCUT2D eigenvalue weighted by Crippen LogP contribution is -2.08. The smallest absolute Gasteiger partial charge is 0.0835 e. The highest BCUT2D eigenvalue weighted by atomic mass is 79.9. The fourth-order valence-electron chi connectivity index (χ4n) is 1.24. The third-order valence-corrected chi connectivity index (χ3v) is 2.64. The van der Waals surface area contributed by atoms with Crippen LogP contribution in [0.3, 0.4) is 0 Å². The van der Waals surface area contributed by atoms with Gasteiger partial charge in [-0.1, -0.05) is 35.0 Å². The molecule has 1 heterocycles.